The first-order valence-electron chi connectivity index (χ1n) is 5.86. The molecule has 0 aromatic heterocycles. The van der Waals surface area contributed by atoms with Gasteiger partial charge in [-0.15, -0.1) is 11.8 Å². The Balaban J connectivity index is 2.24. The lowest BCUT2D eigenvalue weighted by Gasteiger charge is -2.28. The van der Waals surface area contributed by atoms with Gasteiger partial charge in [0.25, 0.3) is 0 Å². The number of benzene rings is 1. The Morgan fingerprint density at radius 3 is 2.72 bits per heavy atom. The second-order valence-electron chi connectivity index (χ2n) is 4.10. The van der Waals surface area contributed by atoms with Crippen LogP contribution in [0.4, 0.5) is 8.78 Å². The zero-order valence-corrected chi connectivity index (χ0v) is 11.6. The average molecular weight is 288 g/mol. The molecule has 0 bridgehead atoms. The Hall–Kier alpha value is -0.550. The lowest BCUT2D eigenvalue weighted by atomic mass is 10.0. The van der Waals surface area contributed by atoms with Crippen molar-refractivity contribution in [2.24, 2.45) is 0 Å². The first-order chi connectivity index (χ1) is 8.63. The Labute approximate surface area is 114 Å². The van der Waals surface area contributed by atoms with Crippen molar-refractivity contribution in [2.75, 3.05) is 11.5 Å². The molecule has 98 valence electrons. The van der Waals surface area contributed by atoms with Crippen molar-refractivity contribution in [2.45, 2.75) is 23.8 Å². The zero-order chi connectivity index (χ0) is 13.1. The van der Waals surface area contributed by atoms with E-state index >= 15 is 0 Å². The molecule has 0 radical (unpaired) electrons. The molecule has 0 spiro atoms. The number of rotatable bonds is 3. The standard InChI is InChI=1S/C13H14F2OS2/c1-2-11-13(18-6-5-17-11)12(16)9-4-3-8(14)7-10(9)15/h3-4,7,11,13H,2,5-6H2,1H3. The number of ketones is 1. The molecule has 0 amide bonds. The number of carbonyl (C=O) groups is 1. The quantitative estimate of drug-likeness (QED) is 0.788. The number of halogens is 2. The van der Waals surface area contributed by atoms with Gasteiger partial charge in [0, 0.05) is 22.8 Å². The highest BCUT2D eigenvalue weighted by molar-refractivity contribution is 8.07. The van der Waals surface area contributed by atoms with Gasteiger partial charge in [-0.25, -0.2) is 8.78 Å². The van der Waals surface area contributed by atoms with Gasteiger partial charge in [-0.2, -0.15) is 11.8 Å². The van der Waals surface area contributed by atoms with Gasteiger partial charge >= 0.3 is 0 Å². The third-order valence-electron chi connectivity index (χ3n) is 2.91. The normalized spacial score (nSPS) is 23.9. The van der Waals surface area contributed by atoms with Crippen molar-refractivity contribution in [1.82, 2.24) is 0 Å². The van der Waals surface area contributed by atoms with Crippen LogP contribution in [0.1, 0.15) is 23.7 Å². The summed E-state index contributed by atoms with van der Waals surface area (Å²) in [5.74, 6) is 0.309. The van der Waals surface area contributed by atoms with E-state index in [0.29, 0.717) is 0 Å². The zero-order valence-electron chi connectivity index (χ0n) is 9.99. The summed E-state index contributed by atoms with van der Waals surface area (Å²) in [6.07, 6.45) is 0.886. The van der Waals surface area contributed by atoms with Crippen LogP contribution in [-0.4, -0.2) is 27.8 Å². The predicted octanol–water partition coefficient (Wildman–Crippen LogP) is 3.77. The van der Waals surface area contributed by atoms with Gasteiger partial charge in [-0.05, 0) is 18.6 Å². The van der Waals surface area contributed by atoms with Gasteiger partial charge in [0.2, 0.25) is 0 Å². The fourth-order valence-corrected chi connectivity index (χ4v) is 5.01. The predicted molar refractivity (Wildman–Crippen MR) is 73.5 cm³/mol. The van der Waals surface area contributed by atoms with E-state index < -0.39 is 11.6 Å². The summed E-state index contributed by atoms with van der Waals surface area (Å²) in [5.41, 5.74) is 0.00912. The summed E-state index contributed by atoms with van der Waals surface area (Å²) in [7, 11) is 0. The van der Waals surface area contributed by atoms with E-state index in [1.807, 2.05) is 6.92 Å². The van der Waals surface area contributed by atoms with Crippen LogP contribution < -0.4 is 0 Å². The number of carbonyl (C=O) groups excluding carboxylic acids is 1. The molecular weight excluding hydrogens is 274 g/mol. The molecule has 1 fully saturated rings. The number of Topliss-reactive ketones (excluding diaryl/α,β-unsaturated/α-hetero) is 1. The Morgan fingerprint density at radius 2 is 2.06 bits per heavy atom. The Morgan fingerprint density at radius 1 is 1.33 bits per heavy atom. The smallest absolute Gasteiger partial charge is 0.179 e. The van der Waals surface area contributed by atoms with Crippen LogP contribution in [0.5, 0.6) is 0 Å². The minimum atomic E-state index is -0.758. The van der Waals surface area contributed by atoms with Crippen molar-refractivity contribution < 1.29 is 13.6 Å². The van der Waals surface area contributed by atoms with E-state index in [1.54, 1.807) is 23.5 Å². The molecule has 1 aliphatic rings. The minimum Gasteiger partial charge on any atom is -0.293 e. The molecule has 1 heterocycles. The van der Waals surface area contributed by atoms with Crippen LogP contribution >= 0.6 is 23.5 Å². The van der Waals surface area contributed by atoms with E-state index in [2.05, 4.69) is 0 Å². The van der Waals surface area contributed by atoms with Crippen LogP contribution in [0.25, 0.3) is 0 Å². The van der Waals surface area contributed by atoms with E-state index in [4.69, 9.17) is 0 Å². The molecule has 0 saturated carbocycles. The molecule has 0 N–H and O–H groups in total. The van der Waals surface area contributed by atoms with Crippen molar-refractivity contribution in [3.05, 3.63) is 35.4 Å². The fourth-order valence-electron chi connectivity index (χ4n) is 1.99. The van der Waals surface area contributed by atoms with Crippen LogP contribution in [-0.2, 0) is 0 Å². The molecule has 2 atom stereocenters. The van der Waals surface area contributed by atoms with Crippen molar-refractivity contribution in [3.63, 3.8) is 0 Å². The highest BCUT2D eigenvalue weighted by Gasteiger charge is 2.32. The van der Waals surface area contributed by atoms with Crippen molar-refractivity contribution >= 4 is 29.3 Å². The Kier molecular flexibility index (Phi) is 4.67. The van der Waals surface area contributed by atoms with Crippen LogP contribution in [0.2, 0.25) is 0 Å². The molecule has 1 aromatic carbocycles. The van der Waals surface area contributed by atoms with E-state index in [9.17, 15) is 13.6 Å². The van der Waals surface area contributed by atoms with Crippen LogP contribution in [0, 0.1) is 11.6 Å². The van der Waals surface area contributed by atoms with Gasteiger partial charge in [0.15, 0.2) is 5.78 Å². The SMILES string of the molecule is CCC1SCCSC1C(=O)c1ccc(F)cc1F. The monoisotopic (exact) mass is 288 g/mol. The van der Waals surface area contributed by atoms with Gasteiger partial charge in [0.1, 0.15) is 11.6 Å². The average Bonchev–Trinajstić information content (AvgIpc) is 2.38. The van der Waals surface area contributed by atoms with Gasteiger partial charge in [0.05, 0.1) is 10.8 Å². The summed E-state index contributed by atoms with van der Waals surface area (Å²) in [6.45, 7) is 2.03. The summed E-state index contributed by atoms with van der Waals surface area (Å²) in [5, 5.41) is 0.00872. The number of thioether (sulfide) groups is 2. The third kappa shape index (κ3) is 2.88. The lowest BCUT2D eigenvalue weighted by Crippen LogP contribution is -2.33. The van der Waals surface area contributed by atoms with Crippen molar-refractivity contribution in [1.29, 1.82) is 0 Å². The molecule has 2 rings (SSSR count). The first kappa shape index (κ1) is 13.9. The number of hydrogen-bond donors (Lipinski definition) is 0. The maximum Gasteiger partial charge on any atom is 0.179 e. The van der Waals surface area contributed by atoms with Crippen molar-refractivity contribution in [3.8, 4) is 0 Å². The van der Waals surface area contributed by atoms with Gasteiger partial charge in [-0.1, -0.05) is 6.92 Å². The molecular formula is C13H14F2OS2. The van der Waals surface area contributed by atoms with Gasteiger partial charge < -0.3 is 0 Å². The molecule has 1 aliphatic heterocycles. The van der Waals surface area contributed by atoms with E-state index in [0.717, 1.165) is 30.1 Å². The van der Waals surface area contributed by atoms with E-state index in [-0.39, 0.29) is 21.8 Å². The second kappa shape index (κ2) is 6.06. The summed E-state index contributed by atoms with van der Waals surface area (Å²) < 4.78 is 26.4. The van der Waals surface area contributed by atoms with Crippen LogP contribution in [0.3, 0.4) is 0 Å². The van der Waals surface area contributed by atoms with Gasteiger partial charge in [-0.3, -0.25) is 4.79 Å². The maximum absolute atomic E-state index is 13.6. The lowest BCUT2D eigenvalue weighted by molar-refractivity contribution is 0.0984. The highest BCUT2D eigenvalue weighted by atomic mass is 32.2. The molecule has 1 saturated heterocycles. The molecule has 18 heavy (non-hydrogen) atoms. The second-order valence-corrected chi connectivity index (χ2v) is 6.69. The molecule has 1 aromatic rings. The summed E-state index contributed by atoms with van der Waals surface area (Å²) in [6, 6.07) is 3.16. The summed E-state index contributed by atoms with van der Waals surface area (Å²) >= 11 is 3.35. The number of hydrogen-bond acceptors (Lipinski definition) is 3. The third-order valence-corrected chi connectivity index (χ3v) is 6.15. The maximum atomic E-state index is 13.6. The molecule has 2 unspecified atom stereocenters. The largest absolute Gasteiger partial charge is 0.293 e. The van der Waals surface area contributed by atoms with E-state index in [1.165, 1.54) is 6.07 Å². The molecule has 1 nitrogen and oxygen atoms in total. The Bertz CT molecular complexity index is 451. The summed E-state index contributed by atoms with van der Waals surface area (Å²) in [4.78, 5) is 12.3. The minimum absolute atomic E-state index is 0.00912. The molecule has 0 aliphatic carbocycles. The highest BCUT2D eigenvalue weighted by Crippen LogP contribution is 2.35. The molecule has 5 heteroatoms. The topological polar surface area (TPSA) is 17.1 Å². The first-order valence-corrected chi connectivity index (χ1v) is 7.95. The van der Waals surface area contributed by atoms with Crippen LogP contribution in [0.15, 0.2) is 18.2 Å². The fraction of sp³-hybridized carbons (Fsp3) is 0.462.